The Morgan fingerprint density at radius 3 is 2.44 bits per heavy atom. The Labute approximate surface area is 102 Å². The largest absolute Gasteiger partial charge is 0.481 e. The zero-order valence-corrected chi connectivity index (χ0v) is 10.7. The molecule has 0 bridgehead atoms. The zero-order chi connectivity index (χ0) is 12.6. The van der Waals surface area contributed by atoms with Crippen molar-refractivity contribution in [1.29, 1.82) is 0 Å². The van der Waals surface area contributed by atoms with Gasteiger partial charge in [0.15, 0.2) is 0 Å². The quantitative estimate of drug-likeness (QED) is 0.540. The van der Waals surface area contributed by atoms with E-state index in [1.54, 1.807) is 0 Å². The summed E-state index contributed by atoms with van der Waals surface area (Å²) in [6.07, 6.45) is 1.17. The summed E-state index contributed by atoms with van der Waals surface area (Å²) in [6.45, 7) is 1.10. The molecule has 0 aromatic heterocycles. The lowest BCUT2D eigenvalue weighted by Crippen LogP contribution is -2.21. The third-order valence-corrected chi connectivity index (χ3v) is 2.62. The maximum atomic E-state index is 10.9. The molecule has 0 radical (unpaired) electrons. The summed E-state index contributed by atoms with van der Waals surface area (Å²) in [5, 5.41) is 9.11. The molecule has 0 heterocycles. The number of alkyl halides is 1. The van der Waals surface area contributed by atoms with E-state index in [4.69, 9.17) is 5.11 Å². The number of carboxylic acids is 1. The monoisotopic (exact) mass is 294 g/mol. The molecule has 0 amide bonds. The number of carbonyl (C=O) groups is 3. The Morgan fingerprint density at radius 2 is 2.00 bits per heavy atom. The SMILES string of the molecule is CC(=O)OCC(CCCC(=O)CBr)C(=O)O. The van der Waals surface area contributed by atoms with Crippen molar-refractivity contribution in [3.8, 4) is 0 Å². The topological polar surface area (TPSA) is 80.7 Å². The Kier molecular flexibility index (Phi) is 7.80. The van der Waals surface area contributed by atoms with E-state index in [1.807, 2.05) is 0 Å². The molecule has 0 fully saturated rings. The van der Waals surface area contributed by atoms with E-state index in [0.717, 1.165) is 0 Å². The second kappa shape index (κ2) is 8.27. The molecule has 1 atom stereocenters. The fraction of sp³-hybridized carbons (Fsp3) is 0.700. The Hall–Kier alpha value is -0.910. The average molecular weight is 295 g/mol. The van der Waals surface area contributed by atoms with Crippen LogP contribution in [-0.4, -0.2) is 34.8 Å². The van der Waals surface area contributed by atoms with Gasteiger partial charge < -0.3 is 9.84 Å². The van der Waals surface area contributed by atoms with Crippen molar-refractivity contribution < 1.29 is 24.2 Å². The predicted octanol–water partition coefficient (Wildman–Crippen LogP) is 1.38. The number of hydrogen-bond acceptors (Lipinski definition) is 4. The first-order valence-electron chi connectivity index (χ1n) is 4.91. The number of ketones is 1. The van der Waals surface area contributed by atoms with E-state index < -0.39 is 17.9 Å². The molecule has 0 aromatic rings. The summed E-state index contributed by atoms with van der Waals surface area (Å²) in [5.74, 6) is -2.20. The lowest BCUT2D eigenvalue weighted by molar-refractivity contribution is -0.150. The summed E-state index contributed by atoms with van der Waals surface area (Å²) in [5.41, 5.74) is 0. The molecule has 0 aliphatic rings. The highest BCUT2D eigenvalue weighted by Crippen LogP contribution is 2.10. The van der Waals surface area contributed by atoms with E-state index in [2.05, 4.69) is 20.7 Å². The van der Waals surface area contributed by atoms with Crippen LogP contribution < -0.4 is 0 Å². The average Bonchev–Trinajstić information content (AvgIpc) is 2.21. The molecular formula is C10H15BrO5. The van der Waals surface area contributed by atoms with Gasteiger partial charge in [-0.15, -0.1) is 0 Å². The second-order valence-electron chi connectivity index (χ2n) is 3.40. The third kappa shape index (κ3) is 7.39. The maximum Gasteiger partial charge on any atom is 0.309 e. The van der Waals surface area contributed by atoms with Crippen LogP contribution in [0.25, 0.3) is 0 Å². The number of esters is 1. The van der Waals surface area contributed by atoms with Crippen molar-refractivity contribution in [3.63, 3.8) is 0 Å². The van der Waals surface area contributed by atoms with Crippen LogP contribution in [0.1, 0.15) is 26.2 Å². The molecular weight excluding hydrogens is 280 g/mol. The first-order chi connectivity index (χ1) is 7.47. The van der Waals surface area contributed by atoms with Gasteiger partial charge in [0.2, 0.25) is 0 Å². The number of Topliss-reactive ketones (excluding diaryl/α,β-unsaturated/α-hetero) is 1. The van der Waals surface area contributed by atoms with E-state index in [1.165, 1.54) is 6.92 Å². The van der Waals surface area contributed by atoms with Gasteiger partial charge in [-0.2, -0.15) is 0 Å². The molecule has 1 unspecified atom stereocenters. The standard InChI is InChI=1S/C10H15BrO5/c1-7(12)16-6-8(10(14)15)3-2-4-9(13)5-11/h8H,2-6H2,1H3,(H,14,15). The molecule has 0 aliphatic heterocycles. The van der Waals surface area contributed by atoms with Crippen LogP contribution in [0.15, 0.2) is 0 Å². The van der Waals surface area contributed by atoms with Gasteiger partial charge in [-0.3, -0.25) is 14.4 Å². The van der Waals surface area contributed by atoms with Crippen molar-refractivity contribution in [1.82, 2.24) is 0 Å². The third-order valence-electron chi connectivity index (χ3n) is 1.99. The Morgan fingerprint density at radius 1 is 1.38 bits per heavy atom. The van der Waals surface area contributed by atoms with Crippen LogP contribution in [0.5, 0.6) is 0 Å². The number of carbonyl (C=O) groups excluding carboxylic acids is 2. The molecule has 1 N–H and O–H groups in total. The lowest BCUT2D eigenvalue weighted by atomic mass is 10.0. The van der Waals surface area contributed by atoms with E-state index in [9.17, 15) is 14.4 Å². The van der Waals surface area contributed by atoms with Gasteiger partial charge in [0.05, 0.1) is 11.2 Å². The van der Waals surface area contributed by atoms with Gasteiger partial charge in [0.25, 0.3) is 0 Å². The second-order valence-corrected chi connectivity index (χ2v) is 3.96. The lowest BCUT2D eigenvalue weighted by Gasteiger charge is -2.11. The molecule has 0 spiro atoms. The molecule has 0 saturated heterocycles. The highest BCUT2D eigenvalue weighted by atomic mass is 79.9. The number of halogens is 1. The number of carboxylic acid groups (broad SMARTS) is 1. The molecule has 6 heteroatoms. The first kappa shape index (κ1) is 15.1. The van der Waals surface area contributed by atoms with Crippen LogP contribution >= 0.6 is 15.9 Å². The molecule has 0 rings (SSSR count). The van der Waals surface area contributed by atoms with Crippen LogP contribution in [0, 0.1) is 5.92 Å². The van der Waals surface area contributed by atoms with Gasteiger partial charge in [-0.25, -0.2) is 0 Å². The van der Waals surface area contributed by atoms with Gasteiger partial charge in [-0.05, 0) is 12.8 Å². The van der Waals surface area contributed by atoms with Crippen LogP contribution in [0.3, 0.4) is 0 Å². The van der Waals surface area contributed by atoms with Gasteiger partial charge in [0, 0.05) is 13.3 Å². The first-order valence-corrected chi connectivity index (χ1v) is 6.03. The maximum absolute atomic E-state index is 10.9. The minimum atomic E-state index is -1.01. The minimum Gasteiger partial charge on any atom is -0.481 e. The van der Waals surface area contributed by atoms with Crippen molar-refractivity contribution in [2.24, 2.45) is 5.92 Å². The molecule has 0 aromatic carbocycles. The number of hydrogen-bond donors (Lipinski definition) is 1. The van der Waals surface area contributed by atoms with Gasteiger partial charge in [0.1, 0.15) is 12.4 Å². The van der Waals surface area contributed by atoms with Crippen LogP contribution in [-0.2, 0) is 19.1 Å². The number of rotatable bonds is 8. The van der Waals surface area contributed by atoms with Crippen molar-refractivity contribution in [2.45, 2.75) is 26.2 Å². The van der Waals surface area contributed by atoms with Crippen LogP contribution in [0.2, 0.25) is 0 Å². The summed E-state index contributed by atoms with van der Waals surface area (Å²) < 4.78 is 4.64. The minimum absolute atomic E-state index is 0.0385. The molecule has 0 aliphatic carbocycles. The van der Waals surface area contributed by atoms with Crippen LogP contribution in [0.4, 0.5) is 0 Å². The summed E-state index contributed by atoms with van der Waals surface area (Å²) >= 11 is 3.03. The summed E-state index contributed by atoms with van der Waals surface area (Å²) in [4.78, 5) is 32.2. The Balaban J connectivity index is 3.90. The highest BCUT2D eigenvalue weighted by Gasteiger charge is 2.18. The normalized spacial score (nSPS) is 11.9. The van der Waals surface area contributed by atoms with Gasteiger partial charge >= 0.3 is 11.9 Å². The fourth-order valence-electron chi connectivity index (χ4n) is 1.11. The van der Waals surface area contributed by atoms with Gasteiger partial charge in [-0.1, -0.05) is 15.9 Å². The molecule has 5 nitrogen and oxygen atoms in total. The zero-order valence-electron chi connectivity index (χ0n) is 9.07. The molecule has 16 heavy (non-hydrogen) atoms. The molecule has 92 valence electrons. The van der Waals surface area contributed by atoms with E-state index in [-0.39, 0.29) is 17.7 Å². The fourth-order valence-corrected chi connectivity index (χ4v) is 1.39. The van der Waals surface area contributed by atoms with E-state index in [0.29, 0.717) is 19.3 Å². The Bertz CT molecular complexity index is 264. The number of ether oxygens (including phenoxy) is 1. The smallest absolute Gasteiger partial charge is 0.309 e. The highest BCUT2D eigenvalue weighted by molar-refractivity contribution is 9.09. The summed E-state index contributed by atoms with van der Waals surface area (Å²) in [6, 6.07) is 0. The van der Waals surface area contributed by atoms with Crippen molar-refractivity contribution >= 4 is 33.7 Å². The predicted molar refractivity (Wildman–Crippen MR) is 60.4 cm³/mol. The molecule has 0 saturated carbocycles. The van der Waals surface area contributed by atoms with E-state index >= 15 is 0 Å². The van der Waals surface area contributed by atoms with Crippen molar-refractivity contribution in [2.75, 3.05) is 11.9 Å². The van der Waals surface area contributed by atoms with Crippen molar-refractivity contribution in [3.05, 3.63) is 0 Å². The number of aliphatic carboxylic acids is 1. The summed E-state index contributed by atoms with van der Waals surface area (Å²) in [7, 11) is 0.